The molecule has 0 atom stereocenters. The Balaban J connectivity index is 2.15. The van der Waals surface area contributed by atoms with E-state index in [2.05, 4.69) is 10.3 Å². The Bertz CT molecular complexity index is 570. The minimum absolute atomic E-state index is 0.00560. The van der Waals surface area contributed by atoms with Crippen molar-refractivity contribution in [2.45, 2.75) is 27.2 Å². The number of para-hydroxylation sites is 1. The summed E-state index contributed by atoms with van der Waals surface area (Å²) in [6.07, 6.45) is 2.20. The predicted octanol–water partition coefficient (Wildman–Crippen LogP) is 3.61. The number of hydrogen-bond acceptors (Lipinski definition) is 2. The van der Waals surface area contributed by atoms with E-state index in [1.54, 1.807) is 6.20 Å². The molecule has 1 amide bonds. The summed E-state index contributed by atoms with van der Waals surface area (Å²) in [7, 11) is 0. The smallest absolute Gasteiger partial charge is 0.224 e. The molecule has 0 saturated heterocycles. The van der Waals surface area contributed by atoms with Gasteiger partial charge in [0.05, 0.1) is 17.4 Å². The van der Waals surface area contributed by atoms with Crippen LogP contribution in [0.25, 0.3) is 10.9 Å². The number of aromatic nitrogens is 1. The first-order valence-corrected chi connectivity index (χ1v) is 6.09. The van der Waals surface area contributed by atoms with E-state index in [9.17, 15) is 4.79 Å². The molecular formula is C15H18N2O. The molecule has 0 bridgehead atoms. The fourth-order valence-electron chi connectivity index (χ4n) is 1.83. The zero-order valence-electron chi connectivity index (χ0n) is 11.0. The molecular weight excluding hydrogens is 224 g/mol. The van der Waals surface area contributed by atoms with Crippen molar-refractivity contribution in [2.24, 2.45) is 5.41 Å². The molecule has 1 aromatic carbocycles. The summed E-state index contributed by atoms with van der Waals surface area (Å²) in [5.41, 5.74) is 1.68. The Morgan fingerprint density at radius 1 is 1.28 bits per heavy atom. The predicted molar refractivity (Wildman–Crippen MR) is 74.4 cm³/mol. The van der Waals surface area contributed by atoms with Crippen molar-refractivity contribution in [1.29, 1.82) is 0 Å². The molecule has 0 unspecified atom stereocenters. The zero-order valence-corrected chi connectivity index (χ0v) is 11.0. The van der Waals surface area contributed by atoms with E-state index >= 15 is 0 Å². The Kier molecular flexibility index (Phi) is 3.32. The fraction of sp³-hybridized carbons (Fsp3) is 0.333. The van der Waals surface area contributed by atoms with Gasteiger partial charge in [0.1, 0.15) is 0 Å². The highest BCUT2D eigenvalue weighted by Crippen LogP contribution is 2.20. The lowest BCUT2D eigenvalue weighted by Crippen LogP contribution is -2.19. The number of rotatable bonds is 2. The maximum Gasteiger partial charge on any atom is 0.224 e. The van der Waals surface area contributed by atoms with Gasteiger partial charge < -0.3 is 5.32 Å². The molecule has 2 rings (SSSR count). The molecule has 0 aliphatic heterocycles. The second kappa shape index (κ2) is 4.77. The van der Waals surface area contributed by atoms with Gasteiger partial charge in [-0.25, -0.2) is 0 Å². The van der Waals surface area contributed by atoms with Crippen molar-refractivity contribution in [3.8, 4) is 0 Å². The topological polar surface area (TPSA) is 42.0 Å². The number of amides is 1. The summed E-state index contributed by atoms with van der Waals surface area (Å²) in [5.74, 6) is 0.0274. The number of anilines is 1. The van der Waals surface area contributed by atoms with Crippen LogP contribution in [-0.4, -0.2) is 10.9 Å². The second-order valence-corrected chi connectivity index (χ2v) is 5.70. The van der Waals surface area contributed by atoms with Gasteiger partial charge in [-0.15, -0.1) is 0 Å². The van der Waals surface area contributed by atoms with E-state index in [1.807, 2.05) is 51.1 Å². The average Bonchev–Trinajstić information content (AvgIpc) is 2.26. The molecule has 94 valence electrons. The largest absolute Gasteiger partial charge is 0.325 e. The van der Waals surface area contributed by atoms with Crippen LogP contribution in [0.1, 0.15) is 27.2 Å². The number of carbonyl (C=O) groups excluding carboxylic acids is 1. The molecule has 0 aliphatic carbocycles. The molecule has 0 radical (unpaired) electrons. The lowest BCUT2D eigenvalue weighted by atomic mass is 9.92. The van der Waals surface area contributed by atoms with Gasteiger partial charge in [-0.3, -0.25) is 9.78 Å². The lowest BCUT2D eigenvalue weighted by Gasteiger charge is -2.17. The molecule has 0 fully saturated rings. The van der Waals surface area contributed by atoms with Crippen LogP contribution in [0.5, 0.6) is 0 Å². The summed E-state index contributed by atoms with van der Waals surface area (Å²) >= 11 is 0. The van der Waals surface area contributed by atoms with Gasteiger partial charge in [-0.05, 0) is 17.5 Å². The second-order valence-electron chi connectivity index (χ2n) is 5.70. The molecule has 0 saturated carbocycles. The monoisotopic (exact) mass is 242 g/mol. The third-order valence-corrected chi connectivity index (χ3v) is 2.57. The zero-order chi connectivity index (χ0) is 13.2. The molecule has 18 heavy (non-hydrogen) atoms. The first-order valence-electron chi connectivity index (χ1n) is 6.09. The van der Waals surface area contributed by atoms with Crippen molar-refractivity contribution in [2.75, 3.05) is 5.32 Å². The highest BCUT2D eigenvalue weighted by atomic mass is 16.1. The molecule has 0 spiro atoms. The molecule has 2 aromatic rings. The number of fused-ring (bicyclic) bond motifs is 1. The summed E-state index contributed by atoms with van der Waals surface area (Å²) < 4.78 is 0. The third-order valence-electron chi connectivity index (χ3n) is 2.57. The van der Waals surface area contributed by atoms with Gasteiger partial charge in [0.25, 0.3) is 0 Å². The molecule has 0 aliphatic rings. The van der Waals surface area contributed by atoms with Gasteiger partial charge in [0.15, 0.2) is 0 Å². The molecule has 3 heteroatoms. The van der Waals surface area contributed by atoms with E-state index in [4.69, 9.17) is 0 Å². The number of benzene rings is 1. The van der Waals surface area contributed by atoms with E-state index < -0.39 is 0 Å². The number of pyridine rings is 1. The minimum Gasteiger partial charge on any atom is -0.325 e. The number of nitrogens with one attached hydrogen (secondary N) is 1. The summed E-state index contributed by atoms with van der Waals surface area (Å²) in [6, 6.07) is 9.80. The Morgan fingerprint density at radius 3 is 2.72 bits per heavy atom. The molecule has 1 heterocycles. The third kappa shape index (κ3) is 3.29. The van der Waals surface area contributed by atoms with Crippen LogP contribution < -0.4 is 5.32 Å². The number of carbonyl (C=O) groups is 1. The van der Waals surface area contributed by atoms with E-state index in [-0.39, 0.29) is 11.3 Å². The first-order chi connectivity index (χ1) is 8.44. The van der Waals surface area contributed by atoms with Crippen LogP contribution in [0.3, 0.4) is 0 Å². The molecule has 1 N–H and O–H groups in total. The fourth-order valence-corrected chi connectivity index (χ4v) is 1.83. The van der Waals surface area contributed by atoms with E-state index in [0.717, 1.165) is 16.6 Å². The molecule has 1 aromatic heterocycles. The highest BCUT2D eigenvalue weighted by molar-refractivity contribution is 5.93. The van der Waals surface area contributed by atoms with Crippen molar-refractivity contribution in [1.82, 2.24) is 4.98 Å². The van der Waals surface area contributed by atoms with Crippen LogP contribution in [-0.2, 0) is 4.79 Å². The van der Waals surface area contributed by atoms with Crippen LogP contribution in [0.15, 0.2) is 36.5 Å². The molecule has 3 nitrogen and oxygen atoms in total. The van der Waals surface area contributed by atoms with Crippen LogP contribution in [0, 0.1) is 5.41 Å². The van der Waals surface area contributed by atoms with E-state index in [1.165, 1.54) is 0 Å². The lowest BCUT2D eigenvalue weighted by molar-refractivity contribution is -0.117. The summed E-state index contributed by atoms with van der Waals surface area (Å²) in [6.45, 7) is 6.14. The minimum atomic E-state index is -0.00560. The van der Waals surface area contributed by atoms with Crippen LogP contribution >= 0.6 is 0 Å². The SMILES string of the molecule is CC(C)(C)CC(=O)Nc1cnc2ccccc2c1. The maximum atomic E-state index is 11.8. The highest BCUT2D eigenvalue weighted by Gasteiger charge is 2.15. The van der Waals surface area contributed by atoms with Crippen LogP contribution in [0.2, 0.25) is 0 Å². The average molecular weight is 242 g/mol. The maximum absolute atomic E-state index is 11.8. The van der Waals surface area contributed by atoms with E-state index in [0.29, 0.717) is 6.42 Å². The van der Waals surface area contributed by atoms with Gasteiger partial charge in [0.2, 0.25) is 5.91 Å². The Morgan fingerprint density at radius 2 is 2.00 bits per heavy atom. The van der Waals surface area contributed by atoms with Gasteiger partial charge in [0, 0.05) is 11.8 Å². The summed E-state index contributed by atoms with van der Waals surface area (Å²) in [4.78, 5) is 16.1. The standard InChI is InChI=1S/C15H18N2O/c1-15(2,3)9-14(18)17-12-8-11-6-4-5-7-13(11)16-10-12/h4-8,10H,9H2,1-3H3,(H,17,18). The first kappa shape index (κ1) is 12.6. The van der Waals surface area contributed by atoms with Crippen molar-refractivity contribution in [3.05, 3.63) is 36.5 Å². The van der Waals surface area contributed by atoms with Gasteiger partial charge in [-0.2, -0.15) is 0 Å². The van der Waals surface area contributed by atoms with Crippen molar-refractivity contribution < 1.29 is 4.79 Å². The summed E-state index contributed by atoms with van der Waals surface area (Å²) in [5, 5.41) is 3.92. The normalized spacial score (nSPS) is 11.5. The van der Waals surface area contributed by atoms with Crippen molar-refractivity contribution in [3.63, 3.8) is 0 Å². The Labute approximate surface area is 107 Å². The number of hydrogen-bond donors (Lipinski definition) is 1. The Hall–Kier alpha value is -1.90. The van der Waals surface area contributed by atoms with Gasteiger partial charge in [-0.1, -0.05) is 39.0 Å². The quantitative estimate of drug-likeness (QED) is 0.874. The number of nitrogens with zero attached hydrogens (tertiary/aromatic N) is 1. The van der Waals surface area contributed by atoms with Gasteiger partial charge >= 0.3 is 0 Å². The van der Waals surface area contributed by atoms with Crippen molar-refractivity contribution >= 4 is 22.5 Å². The van der Waals surface area contributed by atoms with Crippen LogP contribution in [0.4, 0.5) is 5.69 Å².